The smallest absolute Gasteiger partial charge is 0.310 e. The molecule has 0 fully saturated rings. The Kier molecular flexibility index (Phi) is 5.60. The molecule has 0 aliphatic carbocycles. The Hall–Kier alpha value is -1.78. The van der Waals surface area contributed by atoms with Gasteiger partial charge in [-0.3, -0.25) is 4.79 Å². The van der Waals surface area contributed by atoms with Gasteiger partial charge in [0.2, 0.25) is 5.88 Å². The Morgan fingerprint density at radius 3 is 2.58 bits per heavy atom. The van der Waals surface area contributed by atoms with Crippen molar-refractivity contribution >= 4 is 11.7 Å². The van der Waals surface area contributed by atoms with Gasteiger partial charge in [0.05, 0.1) is 24.8 Å². The van der Waals surface area contributed by atoms with E-state index in [-0.39, 0.29) is 24.0 Å². The van der Waals surface area contributed by atoms with E-state index < -0.39 is 0 Å². The molecule has 1 heterocycles. The Balaban J connectivity index is 2.78. The first-order valence-electron chi connectivity index (χ1n) is 6.41. The summed E-state index contributed by atoms with van der Waals surface area (Å²) in [6.07, 6.45) is 1.72. The summed E-state index contributed by atoms with van der Waals surface area (Å²) >= 11 is 0. The second-order valence-electron chi connectivity index (χ2n) is 4.77. The zero-order valence-electron chi connectivity index (χ0n) is 12.1. The number of hydrogen-bond donors (Lipinski definition) is 1. The first kappa shape index (κ1) is 15.3. The largest absolute Gasteiger partial charge is 0.473 e. The van der Waals surface area contributed by atoms with Crippen molar-refractivity contribution < 1.29 is 14.3 Å². The van der Waals surface area contributed by atoms with Crippen LogP contribution >= 0.6 is 0 Å². The van der Waals surface area contributed by atoms with Crippen LogP contribution in [0, 0.1) is 5.92 Å². The molecule has 1 aromatic rings. The number of nitrogens with one attached hydrogen (secondary N) is 1. The monoisotopic (exact) mass is 266 g/mol. The van der Waals surface area contributed by atoms with Crippen LogP contribution in [0.25, 0.3) is 0 Å². The standard InChI is InChI=1S/C14H22N2O3/c1-9(2)19-13-12(7-6-8-15-13)16-11(4)10(3)14(17)18-5/h6-11,16H,1-5H3. The maximum Gasteiger partial charge on any atom is 0.310 e. The molecule has 0 radical (unpaired) electrons. The highest BCUT2D eigenvalue weighted by molar-refractivity contribution is 5.73. The number of anilines is 1. The summed E-state index contributed by atoms with van der Waals surface area (Å²) in [5.41, 5.74) is 0.777. The molecule has 1 rings (SSSR count). The van der Waals surface area contributed by atoms with Gasteiger partial charge in [0.1, 0.15) is 0 Å². The Morgan fingerprint density at radius 1 is 1.32 bits per heavy atom. The molecule has 2 atom stereocenters. The topological polar surface area (TPSA) is 60.5 Å². The number of hydrogen-bond acceptors (Lipinski definition) is 5. The fourth-order valence-electron chi connectivity index (χ4n) is 1.58. The lowest BCUT2D eigenvalue weighted by Crippen LogP contribution is -2.31. The molecule has 0 aliphatic rings. The summed E-state index contributed by atoms with van der Waals surface area (Å²) in [6.45, 7) is 7.63. The van der Waals surface area contributed by atoms with E-state index in [1.807, 2.05) is 39.8 Å². The first-order valence-corrected chi connectivity index (χ1v) is 6.41. The molecule has 1 aromatic heterocycles. The van der Waals surface area contributed by atoms with Crippen LogP contribution in [0.1, 0.15) is 27.7 Å². The summed E-state index contributed by atoms with van der Waals surface area (Å²) in [4.78, 5) is 15.7. The fourth-order valence-corrected chi connectivity index (χ4v) is 1.58. The van der Waals surface area contributed by atoms with Crippen molar-refractivity contribution in [3.05, 3.63) is 18.3 Å². The summed E-state index contributed by atoms with van der Waals surface area (Å²) in [7, 11) is 1.39. The molecule has 1 N–H and O–H groups in total. The van der Waals surface area contributed by atoms with Gasteiger partial charge in [0.15, 0.2) is 0 Å². The third kappa shape index (κ3) is 4.43. The number of esters is 1. The summed E-state index contributed by atoms with van der Waals surface area (Å²) in [5, 5.41) is 3.24. The number of nitrogens with zero attached hydrogens (tertiary/aromatic N) is 1. The number of rotatable bonds is 6. The maximum absolute atomic E-state index is 11.5. The molecule has 5 heteroatoms. The average molecular weight is 266 g/mol. The molecule has 0 aromatic carbocycles. The van der Waals surface area contributed by atoms with Gasteiger partial charge in [0, 0.05) is 12.2 Å². The molecular formula is C14H22N2O3. The molecule has 0 bridgehead atoms. The second-order valence-corrected chi connectivity index (χ2v) is 4.77. The van der Waals surface area contributed by atoms with Crippen molar-refractivity contribution in [2.45, 2.75) is 39.8 Å². The van der Waals surface area contributed by atoms with Gasteiger partial charge in [-0.15, -0.1) is 0 Å². The van der Waals surface area contributed by atoms with Crippen LogP contribution in [0.4, 0.5) is 5.69 Å². The van der Waals surface area contributed by atoms with Gasteiger partial charge in [0.25, 0.3) is 0 Å². The minimum Gasteiger partial charge on any atom is -0.473 e. The predicted octanol–water partition coefficient (Wildman–Crippen LogP) is 2.48. The molecule has 19 heavy (non-hydrogen) atoms. The molecule has 0 spiro atoms. The molecule has 0 saturated carbocycles. The number of pyridine rings is 1. The van der Waals surface area contributed by atoms with Crippen LogP contribution in [-0.4, -0.2) is 30.2 Å². The number of carbonyl (C=O) groups is 1. The normalized spacial score (nSPS) is 13.8. The number of aromatic nitrogens is 1. The van der Waals surface area contributed by atoms with E-state index in [1.165, 1.54) is 7.11 Å². The zero-order valence-corrected chi connectivity index (χ0v) is 12.1. The van der Waals surface area contributed by atoms with Gasteiger partial charge in [-0.1, -0.05) is 0 Å². The lowest BCUT2D eigenvalue weighted by Gasteiger charge is -2.22. The fraction of sp³-hybridized carbons (Fsp3) is 0.571. The highest BCUT2D eigenvalue weighted by Gasteiger charge is 2.21. The number of ether oxygens (including phenoxy) is 2. The highest BCUT2D eigenvalue weighted by Crippen LogP contribution is 2.24. The lowest BCUT2D eigenvalue weighted by molar-refractivity contribution is -0.145. The van der Waals surface area contributed by atoms with Crippen molar-refractivity contribution in [2.24, 2.45) is 5.92 Å². The quantitative estimate of drug-likeness (QED) is 0.801. The second kappa shape index (κ2) is 6.97. The van der Waals surface area contributed by atoms with Crippen LogP contribution in [0.2, 0.25) is 0 Å². The summed E-state index contributed by atoms with van der Waals surface area (Å²) in [5.74, 6) is 0.0498. The minimum atomic E-state index is -0.253. The van der Waals surface area contributed by atoms with Gasteiger partial charge in [-0.2, -0.15) is 0 Å². The predicted molar refractivity (Wildman–Crippen MR) is 74.3 cm³/mol. The van der Waals surface area contributed by atoms with Crippen molar-refractivity contribution in [1.82, 2.24) is 4.98 Å². The van der Waals surface area contributed by atoms with Crippen LogP contribution in [0.15, 0.2) is 18.3 Å². The first-order chi connectivity index (χ1) is 8.95. The van der Waals surface area contributed by atoms with Crippen LogP contribution in [0.3, 0.4) is 0 Å². The summed E-state index contributed by atoms with van der Waals surface area (Å²) in [6, 6.07) is 3.63. The molecular weight excluding hydrogens is 244 g/mol. The molecule has 0 aliphatic heterocycles. The van der Waals surface area contributed by atoms with Crippen molar-refractivity contribution in [2.75, 3.05) is 12.4 Å². The minimum absolute atomic E-state index is 0.0452. The SMILES string of the molecule is COC(=O)C(C)C(C)Nc1cccnc1OC(C)C. The molecule has 5 nitrogen and oxygen atoms in total. The van der Waals surface area contributed by atoms with E-state index in [2.05, 4.69) is 10.3 Å². The van der Waals surface area contributed by atoms with E-state index in [0.29, 0.717) is 5.88 Å². The van der Waals surface area contributed by atoms with Crippen molar-refractivity contribution in [3.63, 3.8) is 0 Å². The third-order valence-corrected chi connectivity index (χ3v) is 2.82. The molecule has 0 saturated heterocycles. The van der Waals surface area contributed by atoms with Crippen molar-refractivity contribution in [1.29, 1.82) is 0 Å². The maximum atomic E-state index is 11.5. The van der Waals surface area contributed by atoms with Crippen LogP contribution in [-0.2, 0) is 9.53 Å². The van der Waals surface area contributed by atoms with E-state index in [1.54, 1.807) is 6.20 Å². The van der Waals surface area contributed by atoms with Gasteiger partial charge < -0.3 is 14.8 Å². The average Bonchev–Trinajstić information content (AvgIpc) is 2.38. The molecule has 106 valence electrons. The lowest BCUT2D eigenvalue weighted by atomic mass is 10.0. The summed E-state index contributed by atoms with van der Waals surface area (Å²) < 4.78 is 10.4. The molecule has 0 amide bonds. The molecule has 2 unspecified atom stereocenters. The Bertz CT molecular complexity index is 421. The van der Waals surface area contributed by atoms with Crippen LogP contribution < -0.4 is 10.1 Å². The highest BCUT2D eigenvalue weighted by atomic mass is 16.5. The zero-order chi connectivity index (χ0) is 14.4. The number of methoxy groups -OCH3 is 1. The van der Waals surface area contributed by atoms with Gasteiger partial charge in [-0.25, -0.2) is 4.98 Å². The Morgan fingerprint density at radius 2 is 2.00 bits per heavy atom. The van der Waals surface area contributed by atoms with E-state index in [9.17, 15) is 4.79 Å². The van der Waals surface area contributed by atoms with Gasteiger partial charge in [-0.05, 0) is 39.8 Å². The van der Waals surface area contributed by atoms with E-state index >= 15 is 0 Å². The van der Waals surface area contributed by atoms with Gasteiger partial charge >= 0.3 is 5.97 Å². The van der Waals surface area contributed by atoms with E-state index in [4.69, 9.17) is 9.47 Å². The van der Waals surface area contributed by atoms with E-state index in [0.717, 1.165) is 5.69 Å². The Labute approximate surface area is 114 Å². The third-order valence-electron chi connectivity index (χ3n) is 2.82. The van der Waals surface area contributed by atoms with Crippen molar-refractivity contribution in [3.8, 4) is 5.88 Å². The van der Waals surface area contributed by atoms with Crippen LogP contribution in [0.5, 0.6) is 5.88 Å². The number of carbonyl (C=O) groups excluding carboxylic acids is 1.